The van der Waals surface area contributed by atoms with Gasteiger partial charge < -0.3 is 9.84 Å². The van der Waals surface area contributed by atoms with Crippen LogP contribution in [0.4, 0.5) is 0 Å². The number of esters is 1. The number of rotatable bonds is 28. The standard InChI is InChI=1S/C31H58O4/c1-3-4-5-6-7-8-9-10-11-12-13-14-15-16-17-18-19-20-21-22-23-24-25-26-27-35-31(34)29(2)28-30(32)33/h2-28H2,1H3,(H,32,33). The van der Waals surface area contributed by atoms with Crippen LogP contribution in [0.3, 0.4) is 0 Å². The van der Waals surface area contributed by atoms with Crippen molar-refractivity contribution in [1.82, 2.24) is 0 Å². The second kappa shape index (κ2) is 27.3. The summed E-state index contributed by atoms with van der Waals surface area (Å²) in [7, 11) is 0. The van der Waals surface area contributed by atoms with Gasteiger partial charge in [-0.05, 0) is 6.42 Å². The predicted octanol–water partition coefficient (Wildman–Crippen LogP) is 9.94. The quantitative estimate of drug-likeness (QED) is 0.0667. The maximum Gasteiger partial charge on any atom is 0.333 e. The largest absolute Gasteiger partial charge is 0.481 e. The Labute approximate surface area is 217 Å². The SMILES string of the molecule is C=C(CC(=O)O)C(=O)OCCCCCCCCCCCCCCCCCCCCCCCCCC. The molecule has 0 atom stereocenters. The first kappa shape index (κ1) is 33.7. The summed E-state index contributed by atoms with van der Waals surface area (Å²) in [4.78, 5) is 22.1. The van der Waals surface area contributed by atoms with Crippen molar-refractivity contribution in [1.29, 1.82) is 0 Å². The predicted molar refractivity (Wildman–Crippen MR) is 149 cm³/mol. The fourth-order valence-electron chi connectivity index (χ4n) is 4.59. The van der Waals surface area contributed by atoms with E-state index >= 15 is 0 Å². The zero-order valence-corrected chi connectivity index (χ0v) is 23.3. The molecule has 0 aliphatic rings. The van der Waals surface area contributed by atoms with Crippen LogP contribution in [0.25, 0.3) is 0 Å². The first-order valence-corrected chi connectivity index (χ1v) is 15.1. The molecule has 206 valence electrons. The van der Waals surface area contributed by atoms with Crippen molar-refractivity contribution in [3.8, 4) is 0 Å². The van der Waals surface area contributed by atoms with Crippen molar-refractivity contribution < 1.29 is 19.4 Å². The lowest BCUT2D eigenvalue weighted by Gasteiger charge is -2.06. The van der Waals surface area contributed by atoms with Crippen LogP contribution in [0.5, 0.6) is 0 Å². The summed E-state index contributed by atoms with van der Waals surface area (Å²) in [6.07, 6.45) is 32.3. The smallest absolute Gasteiger partial charge is 0.333 e. The third-order valence-corrected chi connectivity index (χ3v) is 6.88. The molecule has 4 nitrogen and oxygen atoms in total. The molecule has 0 unspecified atom stereocenters. The molecule has 0 fully saturated rings. The van der Waals surface area contributed by atoms with E-state index in [-0.39, 0.29) is 12.0 Å². The molecule has 4 heteroatoms. The van der Waals surface area contributed by atoms with Crippen LogP contribution in [0.1, 0.15) is 167 Å². The molecule has 0 aliphatic heterocycles. The molecule has 1 N–H and O–H groups in total. The lowest BCUT2D eigenvalue weighted by molar-refractivity contribution is -0.142. The highest BCUT2D eigenvalue weighted by Gasteiger charge is 2.11. The summed E-state index contributed by atoms with van der Waals surface area (Å²) in [5.74, 6) is -1.64. The maximum absolute atomic E-state index is 11.5. The lowest BCUT2D eigenvalue weighted by Crippen LogP contribution is -2.11. The van der Waals surface area contributed by atoms with E-state index in [1.807, 2.05) is 0 Å². The maximum atomic E-state index is 11.5. The summed E-state index contributed by atoms with van der Waals surface area (Å²) in [5, 5.41) is 8.63. The number of carbonyl (C=O) groups is 2. The van der Waals surface area contributed by atoms with E-state index in [0.29, 0.717) is 6.61 Å². The molecule has 0 aromatic rings. The Kier molecular flexibility index (Phi) is 26.2. The number of aliphatic carboxylic acids is 1. The van der Waals surface area contributed by atoms with Gasteiger partial charge in [0, 0.05) is 5.57 Å². The van der Waals surface area contributed by atoms with Gasteiger partial charge in [0.05, 0.1) is 13.0 Å². The highest BCUT2D eigenvalue weighted by Crippen LogP contribution is 2.15. The molecule has 0 radical (unpaired) electrons. The molecular weight excluding hydrogens is 436 g/mol. The number of ether oxygens (including phenoxy) is 1. The van der Waals surface area contributed by atoms with Gasteiger partial charge in [0.1, 0.15) is 0 Å². The van der Waals surface area contributed by atoms with E-state index in [2.05, 4.69) is 13.5 Å². The summed E-state index contributed by atoms with van der Waals surface area (Å²) in [6.45, 7) is 6.10. The number of hydrogen-bond donors (Lipinski definition) is 1. The van der Waals surface area contributed by atoms with E-state index in [0.717, 1.165) is 12.8 Å². The van der Waals surface area contributed by atoms with Crippen molar-refractivity contribution in [2.75, 3.05) is 6.61 Å². The van der Waals surface area contributed by atoms with Gasteiger partial charge in [-0.2, -0.15) is 0 Å². The van der Waals surface area contributed by atoms with E-state index in [1.54, 1.807) is 0 Å². The summed E-state index contributed by atoms with van der Waals surface area (Å²) in [6, 6.07) is 0. The topological polar surface area (TPSA) is 63.6 Å². The average molecular weight is 495 g/mol. The van der Waals surface area contributed by atoms with Crippen LogP contribution in [-0.4, -0.2) is 23.7 Å². The van der Waals surface area contributed by atoms with Crippen LogP contribution in [0.2, 0.25) is 0 Å². The van der Waals surface area contributed by atoms with Gasteiger partial charge in [-0.15, -0.1) is 0 Å². The van der Waals surface area contributed by atoms with Crippen LogP contribution < -0.4 is 0 Å². The molecule has 0 saturated heterocycles. The molecule has 0 aliphatic carbocycles. The molecule has 0 heterocycles. The molecule has 0 amide bonds. The van der Waals surface area contributed by atoms with Crippen LogP contribution >= 0.6 is 0 Å². The van der Waals surface area contributed by atoms with E-state index < -0.39 is 11.9 Å². The number of carboxylic acid groups (broad SMARTS) is 1. The van der Waals surface area contributed by atoms with E-state index in [1.165, 1.54) is 141 Å². The van der Waals surface area contributed by atoms with Crippen molar-refractivity contribution in [3.05, 3.63) is 12.2 Å². The number of unbranched alkanes of at least 4 members (excludes halogenated alkanes) is 23. The van der Waals surface area contributed by atoms with Crippen molar-refractivity contribution in [2.45, 2.75) is 167 Å². The second-order valence-corrected chi connectivity index (χ2v) is 10.4. The molecular formula is C31H58O4. The molecule has 0 rings (SSSR count). The third kappa shape index (κ3) is 27.1. The van der Waals surface area contributed by atoms with Gasteiger partial charge >= 0.3 is 11.9 Å². The first-order valence-electron chi connectivity index (χ1n) is 15.1. The van der Waals surface area contributed by atoms with Gasteiger partial charge in [0.25, 0.3) is 0 Å². The second-order valence-electron chi connectivity index (χ2n) is 10.4. The zero-order valence-electron chi connectivity index (χ0n) is 23.3. The highest BCUT2D eigenvalue weighted by molar-refractivity contribution is 5.92. The van der Waals surface area contributed by atoms with Gasteiger partial charge in [-0.25, -0.2) is 4.79 Å². The third-order valence-electron chi connectivity index (χ3n) is 6.88. The van der Waals surface area contributed by atoms with Crippen LogP contribution in [0, 0.1) is 0 Å². The summed E-state index contributed by atoms with van der Waals surface area (Å²) < 4.78 is 5.05. The Hall–Kier alpha value is -1.32. The molecule has 0 aromatic carbocycles. The Morgan fingerprint density at radius 3 is 1.11 bits per heavy atom. The Bertz CT molecular complexity index is 500. The van der Waals surface area contributed by atoms with Gasteiger partial charge in [0.2, 0.25) is 0 Å². The van der Waals surface area contributed by atoms with Gasteiger partial charge in [0.15, 0.2) is 0 Å². The minimum atomic E-state index is -1.05. The van der Waals surface area contributed by atoms with Crippen molar-refractivity contribution >= 4 is 11.9 Å². The monoisotopic (exact) mass is 494 g/mol. The highest BCUT2D eigenvalue weighted by atomic mass is 16.5. The fraction of sp³-hybridized carbons (Fsp3) is 0.871. The molecule has 0 spiro atoms. The molecule has 0 saturated carbocycles. The summed E-state index contributed by atoms with van der Waals surface area (Å²) in [5.41, 5.74) is 0.0156. The molecule has 35 heavy (non-hydrogen) atoms. The van der Waals surface area contributed by atoms with E-state index in [4.69, 9.17) is 9.84 Å². The summed E-state index contributed by atoms with van der Waals surface area (Å²) >= 11 is 0. The Morgan fingerprint density at radius 1 is 0.543 bits per heavy atom. The van der Waals surface area contributed by atoms with Gasteiger partial charge in [-0.3, -0.25) is 4.79 Å². The minimum Gasteiger partial charge on any atom is -0.481 e. The van der Waals surface area contributed by atoms with Crippen LogP contribution in [-0.2, 0) is 14.3 Å². The van der Waals surface area contributed by atoms with E-state index in [9.17, 15) is 9.59 Å². The number of hydrogen-bond acceptors (Lipinski definition) is 3. The van der Waals surface area contributed by atoms with Gasteiger partial charge in [-0.1, -0.05) is 161 Å². The normalized spacial score (nSPS) is 11.0. The molecule has 0 aromatic heterocycles. The Balaban J connectivity index is 3.14. The van der Waals surface area contributed by atoms with Crippen LogP contribution in [0.15, 0.2) is 12.2 Å². The number of carboxylic acids is 1. The average Bonchev–Trinajstić information content (AvgIpc) is 2.83. The lowest BCUT2D eigenvalue weighted by atomic mass is 10.0. The number of carbonyl (C=O) groups excluding carboxylic acids is 1. The zero-order chi connectivity index (χ0) is 25.8. The minimum absolute atomic E-state index is 0.0156. The van der Waals surface area contributed by atoms with Crippen molar-refractivity contribution in [2.24, 2.45) is 0 Å². The molecule has 0 bridgehead atoms. The first-order chi connectivity index (χ1) is 17.1. The fourth-order valence-corrected chi connectivity index (χ4v) is 4.59. The Morgan fingerprint density at radius 2 is 0.829 bits per heavy atom. The van der Waals surface area contributed by atoms with Crippen molar-refractivity contribution in [3.63, 3.8) is 0 Å².